The molecule has 0 bridgehead atoms. The van der Waals surface area contributed by atoms with Crippen LogP contribution in [0.5, 0.6) is 0 Å². The molecule has 0 atom stereocenters. The van der Waals surface area contributed by atoms with Crippen LogP contribution in [0, 0.1) is 0 Å². The maximum atomic E-state index is 5.29. The summed E-state index contributed by atoms with van der Waals surface area (Å²) in [6, 6.07) is 37.7. The number of aromatic nitrogens is 8. The number of benzene rings is 4. The average Bonchev–Trinajstić information content (AvgIpc) is 3.78. The van der Waals surface area contributed by atoms with Crippen LogP contribution in [-0.2, 0) is 18.1 Å². The normalized spacial score (nSPS) is 11.5. The second kappa shape index (κ2) is 13.7. The first kappa shape index (κ1) is 29.9. The second-order valence-electron chi connectivity index (χ2n) is 11.2. The Morgan fingerprint density at radius 3 is 1.89 bits per heavy atom. The van der Waals surface area contributed by atoms with Crippen LogP contribution in [0.3, 0.4) is 0 Å². The zero-order valence-electron chi connectivity index (χ0n) is 25.5. The molecule has 0 aliphatic rings. The van der Waals surface area contributed by atoms with Gasteiger partial charge in [0.25, 0.3) is 0 Å². The van der Waals surface area contributed by atoms with E-state index in [9.17, 15) is 0 Å². The molecule has 3 heterocycles. The summed E-state index contributed by atoms with van der Waals surface area (Å²) < 4.78 is 2.35. The number of thioether (sulfide) groups is 2. The fraction of sp³-hybridized carbons (Fsp3) is 0.167. The second-order valence-corrected chi connectivity index (χ2v) is 13.1. The highest BCUT2D eigenvalue weighted by Crippen LogP contribution is 2.38. The molecule has 3 aromatic heterocycles. The molecule has 0 fully saturated rings. The predicted molar refractivity (Wildman–Crippen MR) is 186 cm³/mol. The number of rotatable bonds is 11. The van der Waals surface area contributed by atoms with Crippen LogP contribution in [0.15, 0.2) is 119 Å². The number of aromatic amines is 1. The number of nitrogens with zero attached hydrogens (tertiary/aromatic N) is 7. The number of H-pyrrole nitrogens is 1. The van der Waals surface area contributed by atoms with Gasteiger partial charge in [0.15, 0.2) is 0 Å². The van der Waals surface area contributed by atoms with E-state index in [4.69, 9.17) is 15.2 Å². The number of tetrazole rings is 1. The highest BCUT2D eigenvalue weighted by molar-refractivity contribution is 7.99. The number of hydrogen-bond acceptors (Lipinski definition) is 8. The smallest absolute Gasteiger partial charge is 0.205 e. The Labute approximate surface area is 276 Å². The van der Waals surface area contributed by atoms with Crippen LogP contribution in [0.1, 0.15) is 42.3 Å². The third-order valence-electron chi connectivity index (χ3n) is 7.74. The summed E-state index contributed by atoms with van der Waals surface area (Å²) in [7, 11) is 0. The van der Waals surface area contributed by atoms with Crippen molar-refractivity contribution in [3.05, 3.63) is 132 Å². The largest absolute Gasteiger partial charge is 0.321 e. The van der Waals surface area contributed by atoms with E-state index in [1.807, 2.05) is 30.3 Å². The lowest BCUT2D eigenvalue weighted by Gasteiger charge is -2.17. The molecule has 0 unspecified atom stereocenters. The van der Waals surface area contributed by atoms with Gasteiger partial charge in [0.05, 0.1) is 6.54 Å². The number of nitrogens with one attached hydrogen (secondary N) is 1. The molecule has 10 heteroatoms. The van der Waals surface area contributed by atoms with Crippen molar-refractivity contribution in [3.63, 3.8) is 0 Å². The Morgan fingerprint density at radius 1 is 0.652 bits per heavy atom. The molecule has 0 saturated carbocycles. The topological polar surface area (TPSA) is 98.1 Å². The van der Waals surface area contributed by atoms with E-state index in [2.05, 4.69) is 118 Å². The molecule has 0 radical (unpaired) electrons. The minimum atomic E-state index is 0.185. The maximum absolute atomic E-state index is 5.29. The molecule has 0 aliphatic carbocycles. The van der Waals surface area contributed by atoms with E-state index >= 15 is 0 Å². The van der Waals surface area contributed by atoms with E-state index in [0.717, 1.165) is 60.7 Å². The quantitative estimate of drug-likeness (QED) is 0.141. The monoisotopic (exact) mass is 640 g/mol. The molecular formula is C36H32N8S2. The number of hydrogen-bond donors (Lipinski definition) is 1. The lowest BCUT2D eigenvalue weighted by molar-refractivity contribution is 0.679. The summed E-state index contributed by atoms with van der Waals surface area (Å²) >= 11 is 3.39. The van der Waals surface area contributed by atoms with Crippen molar-refractivity contribution in [2.45, 2.75) is 47.9 Å². The number of fused-ring (bicyclic) bond motifs is 1. The van der Waals surface area contributed by atoms with Crippen LogP contribution < -0.4 is 0 Å². The lowest BCUT2D eigenvalue weighted by atomic mass is 9.95. The van der Waals surface area contributed by atoms with Gasteiger partial charge in [-0.1, -0.05) is 147 Å². The van der Waals surface area contributed by atoms with Gasteiger partial charge < -0.3 is 4.57 Å². The summed E-state index contributed by atoms with van der Waals surface area (Å²) in [5, 5.41) is 26.3. The molecule has 0 aliphatic heterocycles. The standard InChI is InChI=1S/C36H32N8S2/c1-24(2)34-37-31-32(36(46-23-26-15-7-4-8-16-26)41-40-35(31)45-22-25-13-5-3-6-14-25)44(34)21-27-17-9-10-18-28(27)29-19-11-12-20-30(29)33-38-42-43-39-33/h3-20,24H,21-23H2,1-2H3,(H,38,39,42,43). The molecular weight excluding hydrogens is 609 g/mol. The van der Waals surface area contributed by atoms with E-state index in [1.165, 1.54) is 11.1 Å². The van der Waals surface area contributed by atoms with Gasteiger partial charge in [-0.05, 0) is 33.0 Å². The van der Waals surface area contributed by atoms with Crippen molar-refractivity contribution in [3.8, 4) is 22.5 Å². The molecule has 7 aromatic rings. The summed E-state index contributed by atoms with van der Waals surface area (Å²) in [4.78, 5) is 5.29. The van der Waals surface area contributed by atoms with Gasteiger partial charge in [-0.25, -0.2) is 4.98 Å². The maximum Gasteiger partial charge on any atom is 0.205 e. The molecule has 46 heavy (non-hydrogen) atoms. The number of imidazole rings is 1. The Bertz CT molecular complexity index is 2060. The van der Waals surface area contributed by atoms with Gasteiger partial charge in [0.1, 0.15) is 26.9 Å². The molecule has 0 saturated heterocycles. The van der Waals surface area contributed by atoms with Crippen LogP contribution >= 0.6 is 23.5 Å². The minimum Gasteiger partial charge on any atom is -0.321 e. The summed E-state index contributed by atoms with van der Waals surface area (Å²) in [6.45, 7) is 5.02. The zero-order valence-corrected chi connectivity index (χ0v) is 27.2. The van der Waals surface area contributed by atoms with Crippen molar-refractivity contribution >= 4 is 34.6 Å². The molecule has 8 nitrogen and oxygen atoms in total. The van der Waals surface area contributed by atoms with Gasteiger partial charge in [0.2, 0.25) is 5.82 Å². The predicted octanol–water partition coefficient (Wildman–Crippen LogP) is 8.43. The van der Waals surface area contributed by atoms with E-state index < -0.39 is 0 Å². The SMILES string of the molecule is CC(C)c1nc2c(SCc3ccccc3)nnc(SCc3ccccc3)c2n1Cc1ccccc1-c1ccccc1-c1nn[nH]n1. The molecule has 0 amide bonds. The van der Waals surface area contributed by atoms with Crippen molar-refractivity contribution in [1.29, 1.82) is 0 Å². The van der Waals surface area contributed by atoms with Crippen LogP contribution in [0.25, 0.3) is 33.5 Å². The summed E-state index contributed by atoms with van der Waals surface area (Å²) in [6.07, 6.45) is 0. The third kappa shape index (κ3) is 6.31. The van der Waals surface area contributed by atoms with Gasteiger partial charge in [0, 0.05) is 23.0 Å². The molecule has 7 rings (SSSR count). The average molecular weight is 641 g/mol. The summed E-state index contributed by atoms with van der Waals surface area (Å²) in [5.74, 6) is 3.34. The fourth-order valence-corrected chi connectivity index (χ4v) is 7.36. The van der Waals surface area contributed by atoms with E-state index in [0.29, 0.717) is 12.4 Å². The van der Waals surface area contributed by atoms with Gasteiger partial charge in [-0.3, -0.25) is 0 Å². The van der Waals surface area contributed by atoms with Crippen molar-refractivity contribution in [2.24, 2.45) is 0 Å². The Morgan fingerprint density at radius 2 is 1.24 bits per heavy atom. The Kier molecular flexibility index (Phi) is 8.89. The fourth-order valence-electron chi connectivity index (χ4n) is 5.55. The van der Waals surface area contributed by atoms with E-state index in [1.54, 1.807) is 23.5 Å². The third-order valence-corrected chi connectivity index (χ3v) is 9.79. The molecule has 228 valence electrons. The zero-order chi connectivity index (χ0) is 31.3. The molecule has 0 spiro atoms. The lowest BCUT2D eigenvalue weighted by Crippen LogP contribution is -2.09. The van der Waals surface area contributed by atoms with Gasteiger partial charge >= 0.3 is 0 Å². The first-order valence-corrected chi connectivity index (χ1v) is 17.1. The summed E-state index contributed by atoms with van der Waals surface area (Å²) in [5.41, 5.74) is 8.65. The van der Waals surface area contributed by atoms with Gasteiger partial charge in [-0.15, -0.1) is 20.4 Å². The van der Waals surface area contributed by atoms with Crippen LogP contribution in [-0.4, -0.2) is 40.4 Å². The highest BCUT2D eigenvalue weighted by atomic mass is 32.2. The van der Waals surface area contributed by atoms with Crippen molar-refractivity contribution in [1.82, 2.24) is 40.4 Å². The van der Waals surface area contributed by atoms with Gasteiger partial charge in [-0.2, -0.15) is 5.21 Å². The first-order chi connectivity index (χ1) is 22.7. The Hall–Kier alpha value is -4.80. The molecule has 1 N–H and O–H groups in total. The highest BCUT2D eigenvalue weighted by Gasteiger charge is 2.23. The van der Waals surface area contributed by atoms with Crippen LogP contribution in [0.2, 0.25) is 0 Å². The van der Waals surface area contributed by atoms with Crippen molar-refractivity contribution < 1.29 is 0 Å². The van der Waals surface area contributed by atoms with E-state index in [-0.39, 0.29) is 5.92 Å². The Balaban J connectivity index is 1.35. The minimum absolute atomic E-state index is 0.185. The van der Waals surface area contributed by atoms with Crippen LogP contribution in [0.4, 0.5) is 0 Å². The first-order valence-electron chi connectivity index (χ1n) is 15.2. The molecule has 4 aromatic carbocycles. The van der Waals surface area contributed by atoms with Crippen molar-refractivity contribution in [2.75, 3.05) is 0 Å².